The van der Waals surface area contributed by atoms with E-state index >= 15 is 0 Å². The number of nitrogens with zero attached hydrogens (tertiary/aromatic N) is 2. The Morgan fingerprint density at radius 2 is 2.10 bits per heavy atom. The Morgan fingerprint density at radius 3 is 2.52 bits per heavy atom. The number of allylic oxidation sites excluding steroid dienone is 1. The average Bonchev–Trinajstić information content (AvgIpc) is 2.37. The van der Waals surface area contributed by atoms with Gasteiger partial charge in [-0.05, 0) is 26.0 Å². The Bertz CT molecular complexity index is 686. The van der Waals surface area contributed by atoms with E-state index in [1.54, 1.807) is 6.07 Å². The Labute approximate surface area is 133 Å². The van der Waals surface area contributed by atoms with Crippen LogP contribution in [0.25, 0.3) is 5.76 Å². The number of nitriles is 1. The summed E-state index contributed by atoms with van der Waals surface area (Å²) >= 11 is 8.76. The van der Waals surface area contributed by atoms with E-state index < -0.39 is 32.1 Å². The molecule has 0 aromatic heterocycles. The number of aliphatic hydroxyl groups is 1. The van der Waals surface area contributed by atoms with Crippen molar-refractivity contribution < 1.29 is 14.8 Å². The second-order valence-corrected chi connectivity index (χ2v) is 6.97. The number of hydrogen-bond donors (Lipinski definition) is 1. The van der Waals surface area contributed by atoms with E-state index in [9.17, 15) is 20.0 Å². The smallest absolute Gasteiger partial charge is 0.281 e. The number of ketones is 1. The molecule has 0 heterocycles. The molecule has 0 saturated heterocycles. The highest BCUT2D eigenvalue weighted by Crippen LogP contribution is 2.31. The van der Waals surface area contributed by atoms with E-state index in [2.05, 4.69) is 15.9 Å². The highest BCUT2D eigenvalue weighted by Gasteiger charge is 2.31. The lowest BCUT2D eigenvalue weighted by Gasteiger charge is -2.14. The number of halogens is 2. The lowest BCUT2D eigenvalue weighted by molar-refractivity contribution is -0.385. The molecule has 0 aliphatic carbocycles. The Kier molecular flexibility index (Phi) is 5.10. The summed E-state index contributed by atoms with van der Waals surface area (Å²) in [7, 11) is 0. The van der Waals surface area contributed by atoms with Gasteiger partial charge in [0.25, 0.3) is 5.69 Å². The van der Waals surface area contributed by atoms with Crippen LogP contribution in [-0.2, 0) is 4.79 Å². The van der Waals surface area contributed by atoms with E-state index in [1.807, 2.05) is 0 Å². The van der Waals surface area contributed by atoms with Gasteiger partial charge in [0.05, 0.1) is 14.8 Å². The van der Waals surface area contributed by atoms with Crippen molar-refractivity contribution in [1.29, 1.82) is 5.26 Å². The summed E-state index contributed by atoms with van der Waals surface area (Å²) in [6, 6.07) is 5.12. The van der Waals surface area contributed by atoms with Crippen LogP contribution in [0.2, 0.25) is 5.02 Å². The van der Waals surface area contributed by atoms with Gasteiger partial charge in [-0.3, -0.25) is 14.9 Å². The standard InChI is InChI=1S/C13H10BrClN2O4/c1-13(2,14)12(19)9(6-16)11(18)8-4-3-7(15)5-10(8)17(20)21/h3-5,18H,1-2H3. The highest BCUT2D eigenvalue weighted by atomic mass is 79.9. The molecule has 1 rings (SSSR count). The number of aliphatic hydroxyl groups excluding tert-OH is 1. The first-order valence-electron chi connectivity index (χ1n) is 5.61. The minimum Gasteiger partial charge on any atom is -0.506 e. The summed E-state index contributed by atoms with van der Waals surface area (Å²) in [6.45, 7) is 2.99. The van der Waals surface area contributed by atoms with Crippen LogP contribution in [-0.4, -0.2) is 20.1 Å². The molecule has 6 nitrogen and oxygen atoms in total. The summed E-state index contributed by atoms with van der Waals surface area (Å²) in [6.07, 6.45) is 0. The monoisotopic (exact) mass is 372 g/mol. The van der Waals surface area contributed by atoms with Crippen molar-refractivity contribution in [2.24, 2.45) is 0 Å². The molecule has 0 radical (unpaired) electrons. The van der Waals surface area contributed by atoms with E-state index in [0.717, 1.165) is 6.07 Å². The number of nitro benzene ring substituents is 1. The number of rotatable bonds is 4. The largest absolute Gasteiger partial charge is 0.506 e. The summed E-state index contributed by atoms with van der Waals surface area (Å²) in [5.74, 6) is -1.44. The molecule has 0 saturated carbocycles. The van der Waals surface area contributed by atoms with Crippen molar-refractivity contribution in [3.8, 4) is 6.07 Å². The van der Waals surface area contributed by atoms with Gasteiger partial charge in [-0.15, -0.1) is 0 Å². The van der Waals surface area contributed by atoms with Crippen LogP contribution in [0.5, 0.6) is 0 Å². The van der Waals surface area contributed by atoms with Gasteiger partial charge in [-0.1, -0.05) is 27.5 Å². The topological polar surface area (TPSA) is 104 Å². The van der Waals surface area contributed by atoms with Gasteiger partial charge in [0, 0.05) is 11.1 Å². The predicted molar refractivity (Wildman–Crippen MR) is 81.3 cm³/mol. The van der Waals surface area contributed by atoms with Crippen LogP contribution >= 0.6 is 27.5 Å². The molecule has 0 spiro atoms. The lowest BCUT2D eigenvalue weighted by atomic mass is 9.97. The zero-order valence-corrected chi connectivity index (χ0v) is 13.4. The van der Waals surface area contributed by atoms with Crippen molar-refractivity contribution in [1.82, 2.24) is 0 Å². The molecule has 1 aromatic carbocycles. The van der Waals surface area contributed by atoms with Gasteiger partial charge in [-0.25, -0.2) is 0 Å². The molecule has 0 aliphatic heterocycles. The van der Waals surface area contributed by atoms with Gasteiger partial charge < -0.3 is 5.11 Å². The zero-order chi connectivity index (χ0) is 16.4. The number of alkyl halides is 1. The summed E-state index contributed by atoms with van der Waals surface area (Å²) in [5, 5.41) is 30.3. The summed E-state index contributed by atoms with van der Waals surface area (Å²) in [5.41, 5.74) is -1.30. The molecule has 0 bridgehead atoms. The maximum atomic E-state index is 12.1. The summed E-state index contributed by atoms with van der Waals surface area (Å²) < 4.78 is -1.09. The SMILES string of the molecule is CC(C)(Br)C(=O)C(C#N)=C(O)c1ccc(Cl)cc1[N+](=O)[O-]. The fourth-order valence-corrected chi connectivity index (χ4v) is 1.86. The van der Waals surface area contributed by atoms with E-state index in [-0.39, 0.29) is 10.6 Å². The van der Waals surface area contributed by atoms with Crippen LogP contribution in [0.3, 0.4) is 0 Å². The van der Waals surface area contributed by atoms with Crippen LogP contribution in [0.1, 0.15) is 19.4 Å². The molecular weight excluding hydrogens is 364 g/mol. The van der Waals surface area contributed by atoms with Crippen molar-refractivity contribution in [2.45, 2.75) is 18.2 Å². The molecule has 1 aromatic rings. The number of Topliss-reactive ketones (excluding diaryl/α,β-unsaturated/α-hetero) is 1. The molecule has 0 fully saturated rings. The zero-order valence-electron chi connectivity index (χ0n) is 11.1. The van der Waals surface area contributed by atoms with Gasteiger partial charge in [-0.2, -0.15) is 5.26 Å². The maximum absolute atomic E-state index is 12.1. The van der Waals surface area contributed by atoms with Crippen LogP contribution in [0.15, 0.2) is 23.8 Å². The third kappa shape index (κ3) is 3.80. The minimum absolute atomic E-state index is 0.101. The van der Waals surface area contributed by atoms with Gasteiger partial charge in [0.2, 0.25) is 0 Å². The van der Waals surface area contributed by atoms with Crippen LogP contribution in [0.4, 0.5) is 5.69 Å². The number of nitro groups is 1. The first-order chi connectivity index (χ1) is 9.59. The second kappa shape index (κ2) is 6.24. The number of benzene rings is 1. The summed E-state index contributed by atoms with van der Waals surface area (Å²) in [4.78, 5) is 22.3. The molecule has 0 unspecified atom stereocenters. The molecule has 8 heteroatoms. The molecule has 1 N–H and O–H groups in total. The van der Waals surface area contributed by atoms with Crippen molar-refractivity contribution in [3.63, 3.8) is 0 Å². The van der Waals surface area contributed by atoms with Crippen molar-refractivity contribution >= 4 is 44.8 Å². The Hall–Kier alpha value is -1.91. The highest BCUT2D eigenvalue weighted by molar-refractivity contribution is 9.10. The van der Waals surface area contributed by atoms with Gasteiger partial charge >= 0.3 is 0 Å². The first-order valence-corrected chi connectivity index (χ1v) is 6.78. The van der Waals surface area contributed by atoms with Crippen LogP contribution < -0.4 is 0 Å². The fourth-order valence-electron chi connectivity index (χ4n) is 1.50. The predicted octanol–water partition coefficient (Wildman–Crippen LogP) is 3.78. The lowest BCUT2D eigenvalue weighted by Crippen LogP contribution is -2.26. The quantitative estimate of drug-likeness (QED) is 0.216. The molecule has 0 aliphatic rings. The van der Waals surface area contributed by atoms with Crippen molar-refractivity contribution in [2.75, 3.05) is 0 Å². The molecular formula is C13H10BrClN2O4. The van der Waals surface area contributed by atoms with Crippen molar-refractivity contribution in [3.05, 3.63) is 44.5 Å². The second-order valence-electron chi connectivity index (χ2n) is 4.56. The average molecular weight is 374 g/mol. The third-order valence-electron chi connectivity index (χ3n) is 2.53. The van der Waals surface area contributed by atoms with E-state index in [0.29, 0.717) is 0 Å². The van der Waals surface area contributed by atoms with E-state index in [4.69, 9.17) is 16.9 Å². The molecule has 110 valence electrons. The van der Waals surface area contributed by atoms with Crippen LogP contribution in [0, 0.1) is 21.4 Å². The van der Waals surface area contributed by atoms with Gasteiger partial charge in [0.1, 0.15) is 11.6 Å². The third-order valence-corrected chi connectivity index (χ3v) is 3.12. The molecule has 21 heavy (non-hydrogen) atoms. The number of hydrogen-bond acceptors (Lipinski definition) is 5. The minimum atomic E-state index is -1.09. The Morgan fingerprint density at radius 1 is 1.52 bits per heavy atom. The number of carbonyl (C=O) groups excluding carboxylic acids is 1. The van der Waals surface area contributed by atoms with E-state index in [1.165, 1.54) is 26.0 Å². The fraction of sp³-hybridized carbons (Fsp3) is 0.231. The maximum Gasteiger partial charge on any atom is 0.281 e. The molecule has 0 atom stereocenters. The Balaban J connectivity index is 3.58. The van der Waals surface area contributed by atoms with Gasteiger partial charge in [0.15, 0.2) is 11.5 Å². The molecule has 0 amide bonds. The normalized spacial score (nSPS) is 12.3. The number of carbonyl (C=O) groups is 1. The first kappa shape index (κ1) is 17.1.